The molecule has 1 atom stereocenters. The van der Waals surface area contributed by atoms with E-state index in [1.807, 2.05) is 19.1 Å². The zero-order valence-corrected chi connectivity index (χ0v) is 11.0. The lowest BCUT2D eigenvalue weighted by atomic mass is 9.79. The summed E-state index contributed by atoms with van der Waals surface area (Å²) in [5.74, 6) is 1.60. The number of benzene rings is 1. The molecule has 1 heteroatoms. The molecule has 0 nitrogen and oxygen atoms in total. The molecule has 1 aliphatic rings. The van der Waals surface area contributed by atoms with E-state index in [1.165, 1.54) is 31.2 Å². The molecule has 0 aliphatic heterocycles. The highest BCUT2D eigenvalue weighted by Crippen LogP contribution is 2.36. The predicted octanol–water partition coefficient (Wildman–Crippen LogP) is 5.40. The second-order valence-electron chi connectivity index (χ2n) is 5.50. The van der Waals surface area contributed by atoms with Gasteiger partial charge in [0.15, 0.2) is 0 Å². The number of hydrogen-bond donors (Lipinski definition) is 0. The largest absolute Gasteiger partial charge is 0.242 e. The molecule has 0 radical (unpaired) electrons. The van der Waals surface area contributed by atoms with E-state index in [1.54, 1.807) is 0 Å². The maximum absolute atomic E-state index is 13.5. The molecule has 0 spiro atoms. The topological polar surface area (TPSA) is 0 Å². The molecular weight excluding hydrogens is 211 g/mol. The van der Waals surface area contributed by atoms with Crippen LogP contribution in [0.5, 0.6) is 0 Å². The minimum atomic E-state index is -0.796. The molecule has 1 aromatic rings. The van der Waals surface area contributed by atoms with Gasteiger partial charge in [0.1, 0.15) is 6.17 Å². The van der Waals surface area contributed by atoms with E-state index in [0.29, 0.717) is 12.3 Å². The molecule has 1 aliphatic carbocycles. The monoisotopic (exact) mass is 234 g/mol. The van der Waals surface area contributed by atoms with E-state index >= 15 is 0 Å². The smallest absolute Gasteiger partial charge is 0.125 e. The summed E-state index contributed by atoms with van der Waals surface area (Å²) < 4.78 is 13.5. The van der Waals surface area contributed by atoms with Crippen LogP contribution in [-0.4, -0.2) is 0 Å². The lowest BCUT2D eigenvalue weighted by molar-refractivity contribution is 0.333. The van der Waals surface area contributed by atoms with Gasteiger partial charge in [0.05, 0.1) is 0 Å². The first kappa shape index (κ1) is 12.6. The third-order valence-electron chi connectivity index (χ3n) is 4.14. The van der Waals surface area contributed by atoms with Gasteiger partial charge in [0.25, 0.3) is 0 Å². The number of alkyl halides is 1. The van der Waals surface area contributed by atoms with Crippen LogP contribution in [0.25, 0.3) is 0 Å². The number of hydrogen-bond acceptors (Lipinski definition) is 0. The Morgan fingerprint density at radius 2 is 1.71 bits per heavy atom. The summed E-state index contributed by atoms with van der Waals surface area (Å²) in [7, 11) is 0. The summed E-state index contributed by atoms with van der Waals surface area (Å²) in [6.45, 7) is 4.23. The molecule has 0 aromatic heterocycles. The van der Waals surface area contributed by atoms with Crippen molar-refractivity contribution in [1.29, 1.82) is 0 Å². The van der Waals surface area contributed by atoms with Gasteiger partial charge >= 0.3 is 0 Å². The van der Waals surface area contributed by atoms with Crippen molar-refractivity contribution in [3.05, 3.63) is 35.4 Å². The van der Waals surface area contributed by atoms with Crippen LogP contribution in [0, 0.1) is 5.92 Å². The molecule has 0 bridgehead atoms. The van der Waals surface area contributed by atoms with Crippen LogP contribution in [0.15, 0.2) is 24.3 Å². The van der Waals surface area contributed by atoms with Crippen LogP contribution in [0.4, 0.5) is 4.39 Å². The van der Waals surface area contributed by atoms with Crippen LogP contribution in [0.2, 0.25) is 0 Å². The first-order valence-corrected chi connectivity index (χ1v) is 6.94. The fourth-order valence-electron chi connectivity index (χ4n) is 2.81. The lowest BCUT2D eigenvalue weighted by Gasteiger charge is -2.26. The molecule has 1 aromatic carbocycles. The quantitative estimate of drug-likeness (QED) is 0.656. The van der Waals surface area contributed by atoms with Gasteiger partial charge in [-0.2, -0.15) is 0 Å². The maximum Gasteiger partial charge on any atom is 0.125 e. The summed E-state index contributed by atoms with van der Waals surface area (Å²) in [4.78, 5) is 0. The Balaban J connectivity index is 2.02. The van der Waals surface area contributed by atoms with Crippen molar-refractivity contribution >= 4 is 0 Å². The van der Waals surface area contributed by atoms with Crippen molar-refractivity contribution in [3.8, 4) is 0 Å². The first-order chi connectivity index (χ1) is 8.20. The number of rotatable bonds is 3. The van der Waals surface area contributed by atoms with Gasteiger partial charge in [0.2, 0.25) is 0 Å². The zero-order chi connectivity index (χ0) is 12.3. The van der Waals surface area contributed by atoms with E-state index in [4.69, 9.17) is 0 Å². The van der Waals surface area contributed by atoms with Crippen molar-refractivity contribution in [2.75, 3.05) is 0 Å². The zero-order valence-electron chi connectivity index (χ0n) is 11.0. The highest BCUT2D eigenvalue weighted by molar-refractivity contribution is 5.27. The second kappa shape index (κ2) is 5.66. The molecular formula is C16H23F. The normalized spacial score (nSPS) is 26.8. The van der Waals surface area contributed by atoms with Gasteiger partial charge < -0.3 is 0 Å². The fourth-order valence-corrected chi connectivity index (χ4v) is 2.81. The molecule has 17 heavy (non-hydrogen) atoms. The Morgan fingerprint density at radius 3 is 2.24 bits per heavy atom. The minimum Gasteiger partial charge on any atom is -0.242 e. The van der Waals surface area contributed by atoms with E-state index in [-0.39, 0.29) is 0 Å². The van der Waals surface area contributed by atoms with E-state index < -0.39 is 6.17 Å². The lowest BCUT2D eigenvalue weighted by Crippen LogP contribution is -2.10. The SMILES string of the molecule is CCC(F)c1ccc(C2CCC(C)CC2)cc1. The van der Waals surface area contributed by atoms with Crippen LogP contribution in [0.1, 0.15) is 69.2 Å². The standard InChI is InChI=1S/C16H23F/c1-3-16(17)15-10-8-14(9-11-15)13-6-4-12(2)5-7-13/h8-13,16H,3-7H2,1-2H3. The summed E-state index contributed by atoms with van der Waals surface area (Å²) in [6.07, 6.45) is 5.05. The molecule has 0 saturated heterocycles. The van der Waals surface area contributed by atoms with E-state index in [2.05, 4.69) is 19.1 Å². The van der Waals surface area contributed by atoms with Crippen LogP contribution < -0.4 is 0 Å². The Morgan fingerprint density at radius 1 is 1.12 bits per heavy atom. The van der Waals surface area contributed by atoms with Gasteiger partial charge in [-0.3, -0.25) is 0 Å². The van der Waals surface area contributed by atoms with Crippen molar-refractivity contribution in [1.82, 2.24) is 0 Å². The molecule has 1 unspecified atom stereocenters. The Labute approximate surface area is 104 Å². The third-order valence-corrected chi connectivity index (χ3v) is 4.14. The van der Waals surface area contributed by atoms with Crippen molar-refractivity contribution in [2.45, 2.75) is 58.0 Å². The second-order valence-corrected chi connectivity index (χ2v) is 5.50. The van der Waals surface area contributed by atoms with Crippen LogP contribution in [0.3, 0.4) is 0 Å². The van der Waals surface area contributed by atoms with E-state index in [0.717, 1.165) is 11.5 Å². The van der Waals surface area contributed by atoms with Gasteiger partial charge in [-0.15, -0.1) is 0 Å². The molecule has 1 saturated carbocycles. The Hall–Kier alpha value is -0.850. The number of halogens is 1. The molecule has 2 rings (SSSR count). The van der Waals surface area contributed by atoms with Gasteiger partial charge in [-0.1, -0.05) is 51.0 Å². The minimum absolute atomic E-state index is 0.570. The average Bonchev–Trinajstić information content (AvgIpc) is 2.39. The first-order valence-electron chi connectivity index (χ1n) is 6.94. The fraction of sp³-hybridized carbons (Fsp3) is 0.625. The van der Waals surface area contributed by atoms with Gasteiger partial charge in [0, 0.05) is 0 Å². The summed E-state index contributed by atoms with van der Waals surface area (Å²) >= 11 is 0. The van der Waals surface area contributed by atoms with Crippen molar-refractivity contribution in [3.63, 3.8) is 0 Å². The summed E-state index contributed by atoms with van der Waals surface area (Å²) in [6, 6.07) is 8.22. The predicted molar refractivity (Wildman–Crippen MR) is 71.0 cm³/mol. The Bertz CT molecular complexity index is 333. The Kier molecular flexibility index (Phi) is 4.20. The highest BCUT2D eigenvalue weighted by atomic mass is 19.1. The molecule has 94 valence electrons. The third kappa shape index (κ3) is 3.08. The van der Waals surface area contributed by atoms with Crippen LogP contribution >= 0.6 is 0 Å². The molecule has 1 fully saturated rings. The van der Waals surface area contributed by atoms with Crippen molar-refractivity contribution in [2.24, 2.45) is 5.92 Å². The van der Waals surface area contributed by atoms with Gasteiger partial charge in [-0.05, 0) is 42.2 Å². The van der Waals surface area contributed by atoms with Crippen LogP contribution in [-0.2, 0) is 0 Å². The van der Waals surface area contributed by atoms with E-state index in [9.17, 15) is 4.39 Å². The molecule has 0 amide bonds. The molecule has 0 N–H and O–H groups in total. The summed E-state index contributed by atoms with van der Waals surface area (Å²) in [5, 5.41) is 0. The molecule has 0 heterocycles. The van der Waals surface area contributed by atoms with Gasteiger partial charge in [-0.25, -0.2) is 4.39 Å². The summed E-state index contributed by atoms with van der Waals surface area (Å²) in [5.41, 5.74) is 2.24. The maximum atomic E-state index is 13.5. The van der Waals surface area contributed by atoms with Crippen molar-refractivity contribution < 1.29 is 4.39 Å². The highest BCUT2D eigenvalue weighted by Gasteiger charge is 2.19. The average molecular weight is 234 g/mol.